The van der Waals surface area contributed by atoms with Crippen molar-refractivity contribution in [2.24, 2.45) is 0 Å². The first-order valence-electron chi connectivity index (χ1n) is 6.56. The van der Waals surface area contributed by atoms with Crippen molar-refractivity contribution >= 4 is 6.16 Å². The minimum atomic E-state index is -1.32. The van der Waals surface area contributed by atoms with Crippen molar-refractivity contribution in [1.29, 1.82) is 0 Å². The predicted octanol–water partition coefficient (Wildman–Crippen LogP) is 3.36. The molecule has 0 spiro atoms. The molecule has 1 aliphatic heterocycles. The molecule has 0 unspecified atom stereocenters. The van der Waals surface area contributed by atoms with Gasteiger partial charge in [-0.2, -0.15) is 0 Å². The van der Waals surface area contributed by atoms with E-state index in [2.05, 4.69) is 0 Å². The Kier molecular flexibility index (Phi) is 3.54. The number of fused-ring (bicyclic) bond motifs is 1. The van der Waals surface area contributed by atoms with Gasteiger partial charge < -0.3 is 19.3 Å². The molecule has 110 valence electrons. The Labute approximate surface area is 118 Å². The minimum Gasteiger partial charge on any atom is -0.496 e. The summed E-state index contributed by atoms with van der Waals surface area (Å²) in [4.78, 5) is 10.8. The summed E-state index contributed by atoms with van der Waals surface area (Å²) in [5, 5.41) is 8.82. The zero-order valence-electron chi connectivity index (χ0n) is 12.5. The maximum atomic E-state index is 10.8. The van der Waals surface area contributed by atoms with E-state index >= 15 is 0 Å². The molecular formula is C15H20O5. The fourth-order valence-corrected chi connectivity index (χ4v) is 2.78. The molecule has 1 heterocycles. The van der Waals surface area contributed by atoms with Crippen LogP contribution in [0.5, 0.6) is 11.5 Å². The van der Waals surface area contributed by atoms with Gasteiger partial charge in [0.2, 0.25) is 0 Å². The first-order valence-corrected chi connectivity index (χ1v) is 6.56. The molecule has 2 rings (SSSR count). The van der Waals surface area contributed by atoms with Crippen molar-refractivity contribution in [3.63, 3.8) is 0 Å². The first kappa shape index (κ1) is 14.5. The number of methoxy groups -OCH3 is 1. The Morgan fingerprint density at radius 2 is 1.90 bits per heavy atom. The van der Waals surface area contributed by atoms with Gasteiger partial charge in [0.15, 0.2) is 0 Å². The zero-order valence-corrected chi connectivity index (χ0v) is 12.5. The standard InChI is InChI=1S/C15H20O5/c1-8-9(2)13-11(10(3)12(8)18-5)6-7-15(4,19-13)20-14(16)17/h6-7H2,1-5H3,(H,16,17)/t15-/m1/s1. The lowest BCUT2D eigenvalue weighted by Crippen LogP contribution is -2.41. The zero-order chi connectivity index (χ0) is 15.1. The average Bonchev–Trinajstić information content (AvgIpc) is 2.35. The lowest BCUT2D eigenvalue weighted by molar-refractivity contribution is -0.149. The Bertz CT molecular complexity index is 564. The SMILES string of the molecule is COc1c(C)c(C)c2c(c1C)CC[C@@](C)(OC(=O)O)O2. The van der Waals surface area contributed by atoms with Gasteiger partial charge in [-0.25, -0.2) is 4.79 Å². The van der Waals surface area contributed by atoms with Gasteiger partial charge in [-0.05, 0) is 43.9 Å². The van der Waals surface area contributed by atoms with E-state index in [1.54, 1.807) is 14.0 Å². The highest BCUT2D eigenvalue weighted by molar-refractivity contribution is 5.60. The number of carbonyl (C=O) groups is 1. The van der Waals surface area contributed by atoms with Crippen LogP contribution in [0.1, 0.15) is 35.6 Å². The molecule has 0 aromatic heterocycles. The number of carboxylic acid groups (broad SMARTS) is 1. The summed E-state index contributed by atoms with van der Waals surface area (Å²) < 4.78 is 16.2. The summed E-state index contributed by atoms with van der Waals surface area (Å²) in [6.07, 6.45) is -0.142. The normalized spacial score (nSPS) is 20.9. The quantitative estimate of drug-likeness (QED) is 0.841. The van der Waals surface area contributed by atoms with Gasteiger partial charge in [-0.1, -0.05) is 0 Å². The monoisotopic (exact) mass is 280 g/mol. The molecule has 1 aliphatic rings. The predicted molar refractivity (Wildman–Crippen MR) is 73.7 cm³/mol. The van der Waals surface area contributed by atoms with E-state index in [1.807, 2.05) is 20.8 Å². The Morgan fingerprint density at radius 3 is 2.45 bits per heavy atom. The minimum absolute atomic E-state index is 0.485. The van der Waals surface area contributed by atoms with Crippen LogP contribution in [0.4, 0.5) is 4.79 Å². The van der Waals surface area contributed by atoms with Crippen molar-refractivity contribution in [2.45, 2.75) is 46.3 Å². The molecule has 1 aromatic rings. The van der Waals surface area contributed by atoms with Crippen LogP contribution in [0.3, 0.4) is 0 Å². The number of hydrogen-bond acceptors (Lipinski definition) is 4. The van der Waals surface area contributed by atoms with Gasteiger partial charge in [0.1, 0.15) is 11.5 Å². The lowest BCUT2D eigenvalue weighted by atomic mass is 9.91. The molecule has 5 nitrogen and oxygen atoms in total. The molecule has 0 aliphatic carbocycles. The molecule has 1 N–H and O–H groups in total. The third-order valence-electron chi connectivity index (χ3n) is 3.97. The fourth-order valence-electron chi connectivity index (χ4n) is 2.78. The third-order valence-corrected chi connectivity index (χ3v) is 3.97. The Morgan fingerprint density at radius 1 is 1.25 bits per heavy atom. The highest BCUT2D eigenvalue weighted by Gasteiger charge is 2.38. The Hall–Kier alpha value is -1.91. The summed E-state index contributed by atoms with van der Waals surface area (Å²) in [6.45, 7) is 7.56. The van der Waals surface area contributed by atoms with E-state index in [1.165, 1.54) is 0 Å². The molecule has 0 amide bonds. The molecule has 0 fully saturated rings. The first-order chi connectivity index (χ1) is 9.29. The van der Waals surface area contributed by atoms with E-state index in [0.29, 0.717) is 12.8 Å². The third kappa shape index (κ3) is 2.28. The van der Waals surface area contributed by atoms with Gasteiger partial charge in [0.05, 0.1) is 7.11 Å². The van der Waals surface area contributed by atoms with E-state index in [0.717, 1.165) is 33.8 Å². The summed E-state index contributed by atoms with van der Waals surface area (Å²) in [5.41, 5.74) is 4.07. The van der Waals surface area contributed by atoms with Crippen LogP contribution in [-0.4, -0.2) is 24.2 Å². The molecule has 0 saturated heterocycles. The van der Waals surface area contributed by atoms with Gasteiger partial charge in [0.25, 0.3) is 5.79 Å². The smallest absolute Gasteiger partial charge is 0.496 e. The second-order valence-corrected chi connectivity index (χ2v) is 5.32. The summed E-state index contributed by atoms with van der Waals surface area (Å²) in [5.74, 6) is 0.459. The molecule has 0 saturated carbocycles. The lowest BCUT2D eigenvalue weighted by Gasteiger charge is -2.36. The number of hydrogen-bond donors (Lipinski definition) is 1. The Balaban J connectivity index is 2.50. The molecule has 0 radical (unpaired) electrons. The van der Waals surface area contributed by atoms with Gasteiger partial charge in [-0.3, -0.25) is 0 Å². The van der Waals surface area contributed by atoms with Crippen molar-refractivity contribution in [1.82, 2.24) is 0 Å². The molecular weight excluding hydrogens is 260 g/mol. The largest absolute Gasteiger partial charge is 0.509 e. The van der Waals surface area contributed by atoms with E-state index in [9.17, 15) is 4.79 Å². The highest BCUT2D eigenvalue weighted by atomic mass is 16.8. The van der Waals surface area contributed by atoms with Crippen molar-refractivity contribution in [3.05, 3.63) is 22.3 Å². The molecule has 0 bridgehead atoms. The average molecular weight is 280 g/mol. The maximum Gasteiger partial charge on any atom is 0.509 e. The molecule has 5 heteroatoms. The summed E-state index contributed by atoms with van der Waals surface area (Å²) in [7, 11) is 1.66. The highest BCUT2D eigenvalue weighted by Crippen LogP contribution is 2.43. The summed E-state index contributed by atoms with van der Waals surface area (Å²) >= 11 is 0. The van der Waals surface area contributed by atoms with Crippen LogP contribution in [0.15, 0.2) is 0 Å². The van der Waals surface area contributed by atoms with Crippen LogP contribution in [0.2, 0.25) is 0 Å². The van der Waals surface area contributed by atoms with Gasteiger partial charge >= 0.3 is 6.16 Å². The summed E-state index contributed by atoms with van der Waals surface area (Å²) in [6, 6.07) is 0. The van der Waals surface area contributed by atoms with Crippen LogP contribution in [0.25, 0.3) is 0 Å². The van der Waals surface area contributed by atoms with Crippen molar-refractivity contribution < 1.29 is 24.1 Å². The fraction of sp³-hybridized carbons (Fsp3) is 0.533. The van der Waals surface area contributed by atoms with Gasteiger partial charge in [0, 0.05) is 18.9 Å². The van der Waals surface area contributed by atoms with E-state index < -0.39 is 11.9 Å². The second kappa shape index (κ2) is 4.89. The van der Waals surface area contributed by atoms with E-state index in [-0.39, 0.29) is 0 Å². The second-order valence-electron chi connectivity index (χ2n) is 5.32. The van der Waals surface area contributed by atoms with Crippen LogP contribution in [-0.2, 0) is 11.2 Å². The van der Waals surface area contributed by atoms with Crippen molar-refractivity contribution in [2.75, 3.05) is 7.11 Å². The van der Waals surface area contributed by atoms with Gasteiger partial charge in [-0.15, -0.1) is 0 Å². The van der Waals surface area contributed by atoms with Crippen LogP contribution >= 0.6 is 0 Å². The van der Waals surface area contributed by atoms with Crippen LogP contribution < -0.4 is 9.47 Å². The van der Waals surface area contributed by atoms with Crippen molar-refractivity contribution in [3.8, 4) is 11.5 Å². The number of benzene rings is 1. The van der Waals surface area contributed by atoms with Crippen LogP contribution in [0, 0.1) is 20.8 Å². The molecule has 1 aromatic carbocycles. The topological polar surface area (TPSA) is 65.0 Å². The number of rotatable bonds is 2. The number of ether oxygens (including phenoxy) is 3. The molecule has 1 atom stereocenters. The van der Waals surface area contributed by atoms with E-state index in [4.69, 9.17) is 19.3 Å². The maximum absolute atomic E-state index is 10.8. The molecule has 20 heavy (non-hydrogen) atoms.